The quantitative estimate of drug-likeness (QED) is 0.674. The Balaban J connectivity index is 2.25. The summed E-state index contributed by atoms with van der Waals surface area (Å²) in [6, 6.07) is 14.5. The molecule has 2 N–H and O–H groups in total. The van der Waals surface area contributed by atoms with E-state index < -0.39 is 4.92 Å². The Morgan fingerprint density at radius 1 is 1.21 bits per heavy atom. The van der Waals surface area contributed by atoms with Crippen LogP contribution in [0.2, 0.25) is 0 Å². The lowest BCUT2D eigenvalue weighted by Crippen LogP contribution is -2.15. The van der Waals surface area contributed by atoms with Crippen molar-refractivity contribution in [1.29, 1.82) is 0 Å². The van der Waals surface area contributed by atoms with Crippen molar-refractivity contribution < 1.29 is 4.92 Å². The zero-order valence-electron chi connectivity index (χ0n) is 10.7. The minimum Gasteiger partial charge on any atom is -0.324 e. The average molecular weight is 256 g/mol. The van der Waals surface area contributed by atoms with Gasteiger partial charge >= 0.3 is 0 Å². The Bertz CT molecular complexity index is 582. The number of benzene rings is 2. The minimum absolute atomic E-state index is 0.0871. The summed E-state index contributed by atoms with van der Waals surface area (Å²) in [5.41, 5.74) is 9.20. The number of aryl methyl sites for hydroxylation is 1. The van der Waals surface area contributed by atoms with Crippen molar-refractivity contribution in [2.24, 2.45) is 5.73 Å². The van der Waals surface area contributed by atoms with Gasteiger partial charge in [-0.15, -0.1) is 0 Å². The predicted octanol–water partition coefficient (Wildman–Crippen LogP) is 3.15. The number of nitrogens with zero attached hydrogens (tertiary/aromatic N) is 1. The Hall–Kier alpha value is -2.20. The molecule has 0 fully saturated rings. The van der Waals surface area contributed by atoms with E-state index in [1.807, 2.05) is 37.3 Å². The highest BCUT2D eigenvalue weighted by atomic mass is 16.6. The van der Waals surface area contributed by atoms with Gasteiger partial charge in [-0.2, -0.15) is 0 Å². The van der Waals surface area contributed by atoms with E-state index in [0.717, 1.165) is 16.7 Å². The fraction of sp³-hybridized carbons (Fsp3) is 0.200. The van der Waals surface area contributed by atoms with Gasteiger partial charge in [0.2, 0.25) is 0 Å². The molecule has 4 nitrogen and oxygen atoms in total. The molecule has 98 valence electrons. The number of hydrogen-bond donors (Lipinski definition) is 1. The molecule has 0 heterocycles. The van der Waals surface area contributed by atoms with Crippen LogP contribution in [0.4, 0.5) is 5.69 Å². The lowest BCUT2D eigenvalue weighted by molar-refractivity contribution is -0.384. The van der Waals surface area contributed by atoms with Crippen LogP contribution in [0, 0.1) is 17.0 Å². The van der Waals surface area contributed by atoms with Crippen LogP contribution in [0.3, 0.4) is 0 Å². The second kappa shape index (κ2) is 5.63. The lowest BCUT2D eigenvalue weighted by Gasteiger charge is -2.14. The Kier molecular flexibility index (Phi) is 3.92. The van der Waals surface area contributed by atoms with E-state index in [9.17, 15) is 10.1 Å². The Labute approximate surface area is 112 Å². The van der Waals surface area contributed by atoms with Crippen LogP contribution in [-0.4, -0.2) is 4.92 Å². The maximum absolute atomic E-state index is 10.8. The van der Waals surface area contributed by atoms with Crippen LogP contribution in [-0.2, 0) is 6.42 Å². The molecular formula is C15H16N2O2. The molecule has 0 spiro atoms. The van der Waals surface area contributed by atoms with Crippen molar-refractivity contribution in [2.75, 3.05) is 0 Å². The normalized spacial score (nSPS) is 12.1. The van der Waals surface area contributed by atoms with Gasteiger partial charge in [-0.3, -0.25) is 10.1 Å². The second-order valence-corrected chi connectivity index (χ2v) is 4.59. The van der Waals surface area contributed by atoms with Crippen molar-refractivity contribution in [3.63, 3.8) is 0 Å². The van der Waals surface area contributed by atoms with Crippen molar-refractivity contribution in [2.45, 2.75) is 19.4 Å². The number of rotatable bonds is 4. The largest absolute Gasteiger partial charge is 0.324 e. The third-order valence-corrected chi connectivity index (χ3v) is 3.17. The summed E-state index contributed by atoms with van der Waals surface area (Å²) in [5, 5.41) is 10.8. The molecule has 0 bridgehead atoms. The molecule has 4 heteroatoms. The summed E-state index contributed by atoms with van der Waals surface area (Å²) in [4.78, 5) is 10.4. The monoisotopic (exact) mass is 256 g/mol. The smallest absolute Gasteiger partial charge is 0.269 e. The number of nitro benzene ring substituents is 1. The van der Waals surface area contributed by atoms with E-state index in [0.29, 0.717) is 6.42 Å². The van der Waals surface area contributed by atoms with Gasteiger partial charge in [0.15, 0.2) is 0 Å². The van der Waals surface area contributed by atoms with Gasteiger partial charge in [-0.25, -0.2) is 0 Å². The molecule has 1 atom stereocenters. The van der Waals surface area contributed by atoms with Crippen LogP contribution < -0.4 is 5.73 Å². The standard InChI is InChI=1S/C15H16N2O2/c1-11-7-8-13(17(18)19)10-14(11)15(16)9-12-5-3-2-4-6-12/h2-8,10,15H,9,16H2,1H3. The molecule has 0 aliphatic rings. The van der Waals surface area contributed by atoms with Crippen molar-refractivity contribution in [3.8, 4) is 0 Å². The number of nitro groups is 1. The molecule has 0 aliphatic carbocycles. The summed E-state index contributed by atoms with van der Waals surface area (Å²) in [7, 11) is 0. The molecule has 0 aliphatic heterocycles. The Morgan fingerprint density at radius 2 is 1.89 bits per heavy atom. The fourth-order valence-electron chi connectivity index (χ4n) is 2.12. The maximum Gasteiger partial charge on any atom is 0.269 e. The highest BCUT2D eigenvalue weighted by molar-refractivity contribution is 5.41. The highest BCUT2D eigenvalue weighted by Crippen LogP contribution is 2.24. The number of nitrogens with two attached hydrogens (primary N) is 1. The predicted molar refractivity (Wildman–Crippen MR) is 74.9 cm³/mol. The first-order valence-electron chi connectivity index (χ1n) is 6.12. The molecular weight excluding hydrogens is 240 g/mol. The maximum atomic E-state index is 10.8. The van der Waals surface area contributed by atoms with Crippen molar-refractivity contribution in [3.05, 3.63) is 75.3 Å². The molecule has 2 rings (SSSR count). The molecule has 19 heavy (non-hydrogen) atoms. The first-order chi connectivity index (χ1) is 9.08. The van der Waals surface area contributed by atoms with E-state index in [-0.39, 0.29) is 11.7 Å². The van der Waals surface area contributed by atoms with E-state index in [4.69, 9.17) is 5.73 Å². The topological polar surface area (TPSA) is 69.2 Å². The second-order valence-electron chi connectivity index (χ2n) is 4.59. The highest BCUT2D eigenvalue weighted by Gasteiger charge is 2.14. The van der Waals surface area contributed by atoms with Gasteiger partial charge in [0, 0.05) is 18.2 Å². The van der Waals surface area contributed by atoms with Crippen molar-refractivity contribution in [1.82, 2.24) is 0 Å². The summed E-state index contributed by atoms with van der Waals surface area (Å²) < 4.78 is 0. The Morgan fingerprint density at radius 3 is 2.53 bits per heavy atom. The zero-order chi connectivity index (χ0) is 13.8. The van der Waals surface area contributed by atoms with Gasteiger partial charge in [0.05, 0.1) is 4.92 Å². The van der Waals surface area contributed by atoms with Crippen LogP contribution in [0.15, 0.2) is 48.5 Å². The van der Waals surface area contributed by atoms with Crippen LogP contribution in [0.25, 0.3) is 0 Å². The first kappa shape index (κ1) is 13.2. The third kappa shape index (κ3) is 3.17. The molecule has 0 radical (unpaired) electrons. The molecule has 0 amide bonds. The molecule has 1 unspecified atom stereocenters. The van der Waals surface area contributed by atoms with Crippen LogP contribution >= 0.6 is 0 Å². The summed E-state index contributed by atoms with van der Waals surface area (Å²) in [6.07, 6.45) is 0.669. The molecule has 2 aromatic rings. The SMILES string of the molecule is Cc1ccc([N+](=O)[O-])cc1C(N)Cc1ccccc1. The fourth-order valence-corrected chi connectivity index (χ4v) is 2.12. The zero-order valence-corrected chi connectivity index (χ0v) is 10.7. The first-order valence-corrected chi connectivity index (χ1v) is 6.12. The van der Waals surface area contributed by atoms with E-state index in [2.05, 4.69) is 0 Å². The summed E-state index contributed by atoms with van der Waals surface area (Å²) >= 11 is 0. The van der Waals surface area contributed by atoms with Crippen molar-refractivity contribution >= 4 is 5.69 Å². The van der Waals surface area contributed by atoms with Crippen LogP contribution in [0.1, 0.15) is 22.7 Å². The van der Waals surface area contributed by atoms with Gasteiger partial charge in [0.25, 0.3) is 5.69 Å². The average Bonchev–Trinajstić information content (AvgIpc) is 2.40. The third-order valence-electron chi connectivity index (χ3n) is 3.17. The minimum atomic E-state index is -0.391. The van der Waals surface area contributed by atoms with Gasteiger partial charge in [-0.05, 0) is 30.0 Å². The van der Waals surface area contributed by atoms with E-state index >= 15 is 0 Å². The molecule has 0 saturated heterocycles. The van der Waals surface area contributed by atoms with Crippen LogP contribution in [0.5, 0.6) is 0 Å². The van der Waals surface area contributed by atoms with E-state index in [1.165, 1.54) is 6.07 Å². The van der Waals surface area contributed by atoms with Gasteiger partial charge in [0.1, 0.15) is 0 Å². The summed E-state index contributed by atoms with van der Waals surface area (Å²) in [5.74, 6) is 0. The van der Waals surface area contributed by atoms with Gasteiger partial charge < -0.3 is 5.73 Å². The molecule has 0 saturated carbocycles. The van der Waals surface area contributed by atoms with Gasteiger partial charge in [-0.1, -0.05) is 36.4 Å². The molecule has 0 aromatic heterocycles. The summed E-state index contributed by atoms with van der Waals surface area (Å²) in [6.45, 7) is 1.92. The number of non-ortho nitro benzene ring substituents is 1. The van der Waals surface area contributed by atoms with E-state index in [1.54, 1.807) is 12.1 Å². The molecule has 2 aromatic carbocycles. The lowest BCUT2D eigenvalue weighted by atomic mass is 9.95. The number of hydrogen-bond acceptors (Lipinski definition) is 3.